The van der Waals surface area contributed by atoms with Crippen LogP contribution in [0.2, 0.25) is 0 Å². The van der Waals surface area contributed by atoms with E-state index in [0.29, 0.717) is 18.9 Å². The summed E-state index contributed by atoms with van der Waals surface area (Å²) in [5, 5.41) is 5.93. The molecule has 0 saturated heterocycles. The molecule has 0 bridgehead atoms. The number of amides is 2. The lowest BCUT2D eigenvalue weighted by molar-refractivity contribution is 0.235. The first-order valence-corrected chi connectivity index (χ1v) is 8.06. The molecule has 2 N–H and O–H groups in total. The van der Waals surface area contributed by atoms with Crippen molar-refractivity contribution in [3.8, 4) is 0 Å². The maximum Gasteiger partial charge on any atom is 0.315 e. The zero-order valence-electron chi connectivity index (χ0n) is 13.0. The zero-order valence-corrected chi connectivity index (χ0v) is 13.0. The number of halogens is 1. The first-order chi connectivity index (χ1) is 11.2. The molecular weight excluding hydrogens is 291 g/mol. The number of carbonyl (C=O) groups is 1. The van der Waals surface area contributed by atoms with Crippen LogP contribution in [0.5, 0.6) is 0 Å². The van der Waals surface area contributed by atoms with Crippen molar-refractivity contribution in [3.05, 3.63) is 71.5 Å². The molecule has 1 aliphatic carbocycles. The zero-order chi connectivity index (χ0) is 16.1. The Balaban J connectivity index is 1.50. The van der Waals surface area contributed by atoms with Crippen LogP contribution in [0, 0.1) is 11.7 Å². The molecule has 1 saturated carbocycles. The molecule has 0 aliphatic heterocycles. The number of nitrogens with one attached hydrogen (secondary N) is 2. The van der Waals surface area contributed by atoms with Crippen LogP contribution in [0.15, 0.2) is 54.6 Å². The molecule has 4 heteroatoms. The molecule has 120 valence electrons. The Kier molecular flexibility index (Phi) is 4.91. The Morgan fingerprint density at radius 2 is 1.91 bits per heavy atom. The van der Waals surface area contributed by atoms with Crippen LogP contribution >= 0.6 is 0 Å². The van der Waals surface area contributed by atoms with Crippen molar-refractivity contribution < 1.29 is 9.18 Å². The van der Waals surface area contributed by atoms with Gasteiger partial charge in [0.2, 0.25) is 0 Å². The highest BCUT2D eigenvalue weighted by Crippen LogP contribution is 2.40. The lowest BCUT2D eigenvalue weighted by atomic mass is 10.0. The molecule has 2 aromatic carbocycles. The maximum atomic E-state index is 13.1. The van der Waals surface area contributed by atoms with E-state index in [1.54, 1.807) is 6.07 Å². The summed E-state index contributed by atoms with van der Waals surface area (Å²) in [6, 6.07) is 16.4. The van der Waals surface area contributed by atoms with Crippen LogP contribution in [-0.2, 0) is 6.42 Å². The van der Waals surface area contributed by atoms with Gasteiger partial charge in [-0.15, -0.1) is 0 Å². The van der Waals surface area contributed by atoms with Crippen LogP contribution in [0.25, 0.3) is 0 Å². The summed E-state index contributed by atoms with van der Waals surface area (Å²) < 4.78 is 13.1. The van der Waals surface area contributed by atoms with Gasteiger partial charge in [0.05, 0.1) is 6.04 Å². The molecule has 2 aromatic rings. The van der Waals surface area contributed by atoms with E-state index in [1.165, 1.54) is 12.1 Å². The van der Waals surface area contributed by atoms with E-state index in [-0.39, 0.29) is 17.9 Å². The average Bonchev–Trinajstić information content (AvgIpc) is 3.38. The first-order valence-electron chi connectivity index (χ1n) is 8.06. The number of urea groups is 1. The van der Waals surface area contributed by atoms with Gasteiger partial charge >= 0.3 is 6.03 Å². The van der Waals surface area contributed by atoms with Gasteiger partial charge in [-0.2, -0.15) is 0 Å². The SMILES string of the molecule is O=C(NCCc1cccc(F)c1)NC(c1ccccc1)C1CC1. The van der Waals surface area contributed by atoms with E-state index in [9.17, 15) is 9.18 Å². The fourth-order valence-electron chi connectivity index (χ4n) is 2.77. The van der Waals surface area contributed by atoms with Gasteiger partial charge in [0, 0.05) is 6.54 Å². The minimum Gasteiger partial charge on any atom is -0.338 e. The van der Waals surface area contributed by atoms with Crippen LogP contribution in [-0.4, -0.2) is 12.6 Å². The van der Waals surface area contributed by atoms with Crippen molar-refractivity contribution in [2.45, 2.75) is 25.3 Å². The molecule has 1 aliphatic rings. The monoisotopic (exact) mass is 312 g/mol. The molecule has 0 radical (unpaired) electrons. The van der Waals surface area contributed by atoms with Crippen LogP contribution < -0.4 is 10.6 Å². The molecule has 0 spiro atoms. The number of carbonyl (C=O) groups excluding carboxylic acids is 1. The summed E-state index contributed by atoms with van der Waals surface area (Å²) in [6.07, 6.45) is 2.93. The Morgan fingerprint density at radius 3 is 2.61 bits per heavy atom. The molecule has 2 amide bonds. The molecule has 23 heavy (non-hydrogen) atoms. The van der Waals surface area contributed by atoms with Gasteiger partial charge in [0.25, 0.3) is 0 Å². The van der Waals surface area contributed by atoms with Crippen molar-refractivity contribution in [1.29, 1.82) is 0 Å². The molecule has 3 nitrogen and oxygen atoms in total. The van der Waals surface area contributed by atoms with Crippen molar-refractivity contribution in [3.63, 3.8) is 0 Å². The number of rotatable bonds is 6. The molecule has 3 rings (SSSR count). The summed E-state index contributed by atoms with van der Waals surface area (Å²) in [6.45, 7) is 0.488. The number of benzene rings is 2. The Morgan fingerprint density at radius 1 is 1.13 bits per heavy atom. The largest absolute Gasteiger partial charge is 0.338 e. The lowest BCUT2D eigenvalue weighted by Crippen LogP contribution is -2.39. The normalized spacial score (nSPS) is 15.0. The standard InChI is InChI=1S/C19H21FN2O/c20-17-8-4-5-14(13-17)11-12-21-19(23)22-18(16-9-10-16)15-6-2-1-3-7-15/h1-8,13,16,18H,9-12H2,(H2,21,22,23). The van der Waals surface area contributed by atoms with Gasteiger partial charge in [0.1, 0.15) is 5.82 Å². The van der Waals surface area contributed by atoms with Gasteiger partial charge < -0.3 is 10.6 Å². The van der Waals surface area contributed by atoms with Crippen molar-refractivity contribution in [1.82, 2.24) is 10.6 Å². The summed E-state index contributed by atoms with van der Waals surface area (Å²) in [7, 11) is 0. The molecule has 1 atom stereocenters. The van der Waals surface area contributed by atoms with Crippen molar-refractivity contribution in [2.24, 2.45) is 5.92 Å². The van der Waals surface area contributed by atoms with Gasteiger partial charge in [0.15, 0.2) is 0 Å². The van der Waals surface area contributed by atoms with E-state index >= 15 is 0 Å². The van der Waals surface area contributed by atoms with E-state index < -0.39 is 0 Å². The second-order valence-electron chi connectivity index (χ2n) is 6.01. The molecule has 1 unspecified atom stereocenters. The van der Waals surface area contributed by atoms with Crippen molar-refractivity contribution in [2.75, 3.05) is 6.54 Å². The third-order valence-electron chi connectivity index (χ3n) is 4.13. The van der Waals surface area contributed by atoms with Gasteiger partial charge in [-0.25, -0.2) is 9.18 Å². The molecular formula is C19H21FN2O. The highest BCUT2D eigenvalue weighted by molar-refractivity contribution is 5.74. The summed E-state index contributed by atoms with van der Waals surface area (Å²) in [5.74, 6) is 0.288. The predicted octanol–water partition coefficient (Wildman–Crippen LogP) is 3.82. The second-order valence-corrected chi connectivity index (χ2v) is 6.01. The van der Waals surface area contributed by atoms with Gasteiger partial charge in [-0.3, -0.25) is 0 Å². The van der Waals surface area contributed by atoms with E-state index in [4.69, 9.17) is 0 Å². The summed E-state index contributed by atoms with van der Waals surface area (Å²) in [4.78, 5) is 12.1. The van der Waals surface area contributed by atoms with E-state index in [1.807, 2.05) is 24.3 Å². The highest BCUT2D eigenvalue weighted by atomic mass is 19.1. The number of hydrogen-bond acceptors (Lipinski definition) is 1. The van der Waals surface area contributed by atoms with Crippen LogP contribution in [0.1, 0.15) is 30.0 Å². The molecule has 0 heterocycles. The Labute approximate surface area is 135 Å². The Bertz CT molecular complexity index is 655. The summed E-state index contributed by atoms with van der Waals surface area (Å²) in [5.41, 5.74) is 2.03. The smallest absolute Gasteiger partial charge is 0.315 e. The lowest BCUT2D eigenvalue weighted by Gasteiger charge is -2.19. The first kappa shape index (κ1) is 15.5. The molecule has 0 aromatic heterocycles. The second kappa shape index (κ2) is 7.27. The fourth-order valence-corrected chi connectivity index (χ4v) is 2.77. The fraction of sp³-hybridized carbons (Fsp3) is 0.316. The van der Waals surface area contributed by atoms with E-state index in [0.717, 1.165) is 24.0 Å². The third-order valence-corrected chi connectivity index (χ3v) is 4.13. The summed E-state index contributed by atoms with van der Waals surface area (Å²) >= 11 is 0. The minimum atomic E-state index is -0.246. The van der Waals surface area contributed by atoms with E-state index in [2.05, 4.69) is 22.8 Å². The van der Waals surface area contributed by atoms with Gasteiger partial charge in [-0.1, -0.05) is 42.5 Å². The molecule has 1 fully saturated rings. The minimum absolute atomic E-state index is 0.0744. The maximum absolute atomic E-state index is 13.1. The van der Waals surface area contributed by atoms with Crippen LogP contribution in [0.3, 0.4) is 0 Å². The topological polar surface area (TPSA) is 41.1 Å². The van der Waals surface area contributed by atoms with Crippen molar-refractivity contribution >= 4 is 6.03 Å². The predicted molar refractivity (Wildman–Crippen MR) is 88.5 cm³/mol. The van der Waals surface area contributed by atoms with Crippen LogP contribution in [0.4, 0.5) is 9.18 Å². The number of hydrogen-bond donors (Lipinski definition) is 2. The van der Waals surface area contributed by atoms with Gasteiger partial charge in [-0.05, 0) is 48.4 Å². The highest BCUT2D eigenvalue weighted by Gasteiger charge is 2.33. The third kappa shape index (κ3) is 4.55. The average molecular weight is 312 g/mol. The Hall–Kier alpha value is -2.36. The quantitative estimate of drug-likeness (QED) is 0.836.